The quantitative estimate of drug-likeness (QED) is 0.255. The molecule has 0 aromatic heterocycles. The Kier molecular flexibility index (Phi) is 11.4. The molecule has 0 bridgehead atoms. The number of allylic oxidation sites excluding steroid dienone is 7. The molecule has 6 heteroatoms. The van der Waals surface area contributed by atoms with Crippen molar-refractivity contribution in [2.75, 3.05) is 0 Å². The van der Waals surface area contributed by atoms with E-state index >= 15 is 0 Å². The Morgan fingerprint density at radius 2 is 1.78 bits per heavy atom. The van der Waals surface area contributed by atoms with Crippen LogP contribution in [0.3, 0.4) is 0 Å². The predicted octanol–water partition coefficient (Wildman–Crippen LogP) is 4.00. The van der Waals surface area contributed by atoms with Crippen LogP contribution >= 0.6 is 0 Å². The Hall–Kier alpha value is -2.05. The van der Waals surface area contributed by atoms with Gasteiger partial charge in [-0.15, -0.1) is 0 Å². The highest BCUT2D eigenvalue weighted by Gasteiger charge is 2.26. The number of carbonyl (C=O) groups excluding carboxylic acids is 2. The molecule has 150 valence electrons. The molecule has 0 radical (unpaired) electrons. The van der Waals surface area contributed by atoms with E-state index in [4.69, 9.17) is 0 Å². The van der Waals surface area contributed by atoms with Gasteiger partial charge in [0.15, 0.2) is 0 Å². The second-order valence-electron chi connectivity index (χ2n) is 7.04. The van der Waals surface area contributed by atoms with Crippen molar-refractivity contribution in [3.63, 3.8) is 0 Å². The maximum absolute atomic E-state index is 12.5. The first-order chi connectivity index (χ1) is 12.5. The number of hydrogen-bond acceptors (Lipinski definition) is 4. The van der Waals surface area contributed by atoms with Crippen LogP contribution in [-0.2, 0) is 21.0 Å². The number of nitrogens with one attached hydrogen (secondary N) is 2. The maximum Gasteiger partial charge on any atom is 0.251 e. The summed E-state index contributed by atoms with van der Waals surface area (Å²) in [7, 11) is 0. The van der Waals surface area contributed by atoms with Crippen molar-refractivity contribution in [1.82, 2.24) is 10.0 Å². The fraction of sp³-hybridized carbons (Fsp3) is 0.429. The summed E-state index contributed by atoms with van der Waals surface area (Å²) in [5.74, 6) is -0.230. The van der Waals surface area contributed by atoms with Crippen molar-refractivity contribution in [2.24, 2.45) is 0 Å². The largest absolute Gasteiger partial charge is 0.593 e. The topological polar surface area (TPSA) is 81.3 Å². The van der Waals surface area contributed by atoms with Crippen molar-refractivity contribution in [3.05, 3.63) is 59.5 Å². The summed E-state index contributed by atoms with van der Waals surface area (Å²) in [4.78, 5) is 22.9. The van der Waals surface area contributed by atoms with Crippen molar-refractivity contribution in [1.29, 1.82) is 0 Å². The SMILES string of the molecule is C=C/C(=C\C=C(\C)CC=O)NC(=O)/C(=C/C=C(\C)N[S+]([O-])C(C)(C)C)CC. The Morgan fingerprint density at radius 3 is 2.26 bits per heavy atom. The van der Waals surface area contributed by atoms with Gasteiger partial charge in [0.2, 0.25) is 0 Å². The van der Waals surface area contributed by atoms with Crippen molar-refractivity contribution >= 4 is 23.6 Å². The summed E-state index contributed by atoms with van der Waals surface area (Å²) in [5, 5.41) is 2.80. The summed E-state index contributed by atoms with van der Waals surface area (Å²) < 4.78 is 14.7. The highest BCUT2D eigenvalue weighted by Crippen LogP contribution is 2.14. The molecule has 0 fully saturated rings. The molecule has 5 nitrogen and oxygen atoms in total. The predicted molar refractivity (Wildman–Crippen MR) is 114 cm³/mol. The second-order valence-corrected chi connectivity index (χ2v) is 9.01. The maximum atomic E-state index is 12.5. The van der Waals surface area contributed by atoms with E-state index in [0.29, 0.717) is 29.8 Å². The third kappa shape index (κ3) is 10.6. The van der Waals surface area contributed by atoms with Gasteiger partial charge in [-0.25, -0.2) is 4.72 Å². The summed E-state index contributed by atoms with van der Waals surface area (Å²) >= 11 is -1.22. The van der Waals surface area contributed by atoms with Crippen LogP contribution in [0, 0.1) is 0 Å². The molecule has 0 aliphatic rings. The van der Waals surface area contributed by atoms with Gasteiger partial charge in [0.25, 0.3) is 5.91 Å². The molecule has 0 aliphatic carbocycles. The fourth-order valence-electron chi connectivity index (χ4n) is 1.72. The first-order valence-corrected chi connectivity index (χ1v) is 10.0. The first kappa shape index (κ1) is 24.9. The summed E-state index contributed by atoms with van der Waals surface area (Å²) in [6.07, 6.45) is 10.2. The lowest BCUT2D eigenvalue weighted by molar-refractivity contribution is -0.116. The van der Waals surface area contributed by atoms with E-state index in [0.717, 1.165) is 11.9 Å². The lowest BCUT2D eigenvalue weighted by Gasteiger charge is -2.24. The van der Waals surface area contributed by atoms with Crippen LogP contribution in [-0.4, -0.2) is 21.5 Å². The van der Waals surface area contributed by atoms with E-state index in [-0.39, 0.29) is 10.7 Å². The highest BCUT2D eigenvalue weighted by atomic mass is 32.2. The molecular weight excluding hydrogens is 360 g/mol. The first-order valence-electron chi connectivity index (χ1n) is 8.86. The molecule has 0 aliphatic heterocycles. The molecule has 0 saturated carbocycles. The molecule has 27 heavy (non-hydrogen) atoms. The number of rotatable bonds is 10. The average molecular weight is 393 g/mol. The van der Waals surface area contributed by atoms with Gasteiger partial charge in [0.05, 0.1) is 17.1 Å². The zero-order valence-electron chi connectivity index (χ0n) is 17.2. The number of aldehydes is 1. The lowest BCUT2D eigenvalue weighted by Crippen LogP contribution is -2.38. The zero-order valence-corrected chi connectivity index (χ0v) is 18.0. The minimum atomic E-state index is -1.22. The molecule has 0 aromatic carbocycles. The van der Waals surface area contributed by atoms with Crippen molar-refractivity contribution in [2.45, 2.75) is 59.1 Å². The van der Waals surface area contributed by atoms with Gasteiger partial charge in [0.1, 0.15) is 11.0 Å². The molecular formula is C21H32N2O3S. The van der Waals surface area contributed by atoms with Crippen LogP contribution < -0.4 is 10.0 Å². The molecule has 0 saturated heterocycles. The van der Waals surface area contributed by atoms with Gasteiger partial charge in [-0.3, -0.25) is 4.79 Å². The molecule has 2 N–H and O–H groups in total. The van der Waals surface area contributed by atoms with Crippen molar-refractivity contribution in [3.8, 4) is 0 Å². The number of carbonyl (C=O) groups is 2. The Bertz CT molecular complexity index is 653. The molecule has 1 unspecified atom stereocenters. The zero-order chi connectivity index (χ0) is 21.0. The third-order valence-electron chi connectivity index (χ3n) is 3.45. The summed E-state index contributed by atoms with van der Waals surface area (Å²) in [6, 6.07) is 0. The van der Waals surface area contributed by atoms with Gasteiger partial charge < -0.3 is 14.7 Å². The molecule has 0 rings (SSSR count). The smallest absolute Gasteiger partial charge is 0.251 e. The van der Waals surface area contributed by atoms with Gasteiger partial charge in [-0.05, 0) is 59.3 Å². The van der Waals surface area contributed by atoms with E-state index in [9.17, 15) is 14.1 Å². The second kappa shape index (κ2) is 12.4. The highest BCUT2D eigenvalue weighted by molar-refractivity contribution is 7.90. The van der Waals surface area contributed by atoms with E-state index in [1.54, 1.807) is 37.3 Å². The van der Waals surface area contributed by atoms with Gasteiger partial charge in [-0.2, -0.15) is 0 Å². The average Bonchev–Trinajstić information content (AvgIpc) is 2.58. The van der Waals surface area contributed by atoms with Gasteiger partial charge >= 0.3 is 0 Å². The fourth-order valence-corrected chi connectivity index (χ4v) is 2.38. The lowest BCUT2D eigenvalue weighted by atomic mass is 10.1. The standard InChI is InChI=1S/C21H32N2O3S/c1-8-18(12-11-17(4)23-27(26)21(5,6)7)20(25)22-19(9-2)13-10-16(3)14-15-24/h9-13,15,23H,2,8,14H2,1,3-7H3,(H,22,25)/b16-10-,17-11+,18-12+,19-13+. The Balaban J connectivity index is 5.17. The third-order valence-corrected chi connectivity index (χ3v) is 5.07. The minimum Gasteiger partial charge on any atom is -0.593 e. The van der Waals surface area contributed by atoms with Crippen LogP contribution in [0.1, 0.15) is 54.4 Å². The van der Waals surface area contributed by atoms with Crippen molar-refractivity contribution < 1.29 is 14.1 Å². The molecule has 0 aromatic rings. The molecule has 0 heterocycles. The molecule has 1 amide bonds. The normalized spacial score (nSPS) is 15.2. The van der Waals surface area contributed by atoms with E-state index in [1.165, 1.54) is 0 Å². The number of hydrogen-bond donors (Lipinski definition) is 2. The molecule has 0 spiro atoms. The Morgan fingerprint density at radius 1 is 1.15 bits per heavy atom. The number of amides is 1. The van der Waals surface area contributed by atoms with E-state index in [1.807, 2.05) is 34.6 Å². The van der Waals surface area contributed by atoms with E-state index < -0.39 is 11.4 Å². The minimum absolute atomic E-state index is 0.230. The van der Waals surface area contributed by atoms with E-state index in [2.05, 4.69) is 16.6 Å². The van der Waals surface area contributed by atoms with Gasteiger partial charge in [0, 0.05) is 17.7 Å². The van der Waals surface area contributed by atoms with Crippen LogP contribution in [0.2, 0.25) is 0 Å². The monoisotopic (exact) mass is 392 g/mol. The van der Waals surface area contributed by atoms with Crippen LogP contribution in [0.5, 0.6) is 0 Å². The van der Waals surface area contributed by atoms with Crippen LogP contribution in [0.25, 0.3) is 0 Å². The Labute approximate surface area is 166 Å². The van der Waals surface area contributed by atoms with Gasteiger partial charge in [-0.1, -0.05) is 31.2 Å². The van der Waals surface area contributed by atoms with Crippen LogP contribution in [0.15, 0.2) is 59.5 Å². The summed E-state index contributed by atoms with van der Waals surface area (Å²) in [6.45, 7) is 14.9. The molecule has 1 atom stereocenters. The van der Waals surface area contributed by atoms with Crippen LogP contribution in [0.4, 0.5) is 0 Å². The summed E-state index contributed by atoms with van der Waals surface area (Å²) in [5.41, 5.74) is 2.74.